The highest BCUT2D eigenvalue weighted by atomic mass is 32.2. The molecule has 7 heteroatoms. The second kappa shape index (κ2) is 6.49. The first-order valence-electron chi connectivity index (χ1n) is 7.55. The van der Waals surface area contributed by atoms with Gasteiger partial charge in [0, 0.05) is 23.5 Å². The zero-order valence-electron chi connectivity index (χ0n) is 13.2. The minimum atomic E-state index is -0.124. The van der Waals surface area contributed by atoms with Crippen molar-refractivity contribution in [1.29, 1.82) is 0 Å². The van der Waals surface area contributed by atoms with Crippen molar-refractivity contribution >= 4 is 33.3 Å². The summed E-state index contributed by atoms with van der Waals surface area (Å²) >= 11 is 3.40. The topological polar surface area (TPSA) is 65.9 Å². The number of rotatable bonds is 4. The third-order valence-corrected chi connectivity index (χ3v) is 5.67. The minimum Gasteiger partial charge on any atom is -0.396 e. The molecule has 1 aromatic rings. The second-order valence-electron chi connectivity index (χ2n) is 6.17. The van der Waals surface area contributed by atoms with Gasteiger partial charge in [-0.05, 0) is 38.6 Å². The number of thiophene rings is 1. The third kappa shape index (κ3) is 3.19. The van der Waals surface area contributed by atoms with Crippen LogP contribution in [0.5, 0.6) is 0 Å². The summed E-state index contributed by atoms with van der Waals surface area (Å²) in [6.07, 6.45) is 3.66. The molecule has 0 aromatic carbocycles. The van der Waals surface area contributed by atoms with Crippen molar-refractivity contribution in [2.24, 2.45) is 4.99 Å². The maximum atomic E-state index is 9.00. The predicted octanol–water partition coefficient (Wildman–Crippen LogP) is 2.71. The highest BCUT2D eigenvalue weighted by Crippen LogP contribution is 2.45. The van der Waals surface area contributed by atoms with Crippen molar-refractivity contribution in [2.45, 2.75) is 45.1 Å². The van der Waals surface area contributed by atoms with Gasteiger partial charge in [-0.3, -0.25) is 5.32 Å². The predicted molar refractivity (Wildman–Crippen MR) is 93.9 cm³/mol. The number of thioether (sulfide) groups is 1. The van der Waals surface area contributed by atoms with E-state index >= 15 is 0 Å². The zero-order valence-corrected chi connectivity index (χ0v) is 14.9. The molecule has 0 spiro atoms. The molecule has 0 amide bonds. The normalized spacial score (nSPS) is 22.5. The van der Waals surface area contributed by atoms with Crippen LogP contribution in [0, 0.1) is 0 Å². The summed E-state index contributed by atoms with van der Waals surface area (Å²) in [6, 6.07) is 0. The molecule has 5 nitrogen and oxygen atoms in total. The van der Waals surface area contributed by atoms with E-state index in [9.17, 15) is 0 Å². The van der Waals surface area contributed by atoms with Crippen LogP contribution in [0.25, 0.3) is 0 Å². The Bertz CT molecular complexity index is 584. The van der Waals surface area contributed by atoms with Crippen LogP contribution in [-0.2, 0) is 17.8 Å². The van der Waals surface area contributed by atoms with Crippen molar-refractivity contribution in [3.05, 3.63) is 16.0 Å². The first-order valence-corrected chi connectivity index (χ1v) is 9.59. The summed E-state index contributed by atoms with van der Waals surface area (Å²) in [5, 5.41) is 18.0. The van der Waals surface area contributed by atoms with Crippen LogP contribution < -0.4 is 10.6 Å². The van der Waals surface area contributed by atoms with E-state index in [2.05, 4.69) is 24.5 Å². The molecule has 1 aromatic heterocycles. The number of nitrogens with one attached hydrogen (secondary N) is 2. The Kier molecular flexibility index (Phi) is 4.80. The van der Waals surface area contributed by atoms with Gasteiger partial charge in [0.1, 0.15) is 11.2 Å². The first kappa shape index (κ1) is 16.3. The molecule has 122 valence electrons. The summed E-state index contributed by atoms with van der Waals surface area (Å²) < 4.78 is 5.94. The lowest BCUT2D eigenvalue weighted by Gasteiger charge is -2.32. The smallest absolute Gasteiger partial charge is 0.163 e. The van der Waals surface area contributed by atoms with Crippen LogP contribution in [-0.4, -0.2) is 35.3 Å². The summed E-state index contributed by atoms with van der Waals surface area (Å²) in [6.45, 7) is 5.92. The lowest BCUT2D eigenvalue weighted by molar-refractivity contribution is -0.0385. The van der Waals surface area contributed by atoms with Crippen molar-refractivity contribution in [3.63, 3.8) is 0 Å². The molecule has 2 aliphatic heterocycles. The Morgan fingerprint density at radius 1 is 1.55 bits per heavy atom. The molecular formula is C15H23N3O2S2. The number of nitrogens with zero attached hydrogens (tertiary/aromatic N) is 1. The van der Waals surface area contributed by atoms with E-state index in [0.29, 0.717) is 6.61 Å². The van der Waals surface area contributed by atoms with Crippen LogP contribution in [0.1, 0.15) is 42.4 Å². The van der Waals surface area contributed by atoms with Crippen LogP contribution in [0.15, 0.2) is 4.99 Å². The average molecular weight is 342 g/mol. The number of hydrogen-bond donors (Lipinski definition) is 3. The van der Waals surface area contributed by atoms with Gasteiger partial charge in [-0.25, -0.2) is 4.99 Å². The molecule has 0 fully saturated rings. The molecule has 0 saturated heterocycles. The standard InChI is InChI=1S/C15H23N3O2S2/c1-15(2)7-9-10(8-20-15)22-13-11(9)12(16-5-4-6-19)17-14(18-13)21-3/h12,16,19H,4-8H2,1-3H3,(H,17,18)/t12-/m0/s1. The zero-order chi connectivity index (χ0) is 15.7. The fourth-order valence-corrected chi connectivity index (χ4v) is 4.48. The van der Waals surface area contributed by atoms with Gasteiger partial charge >= 0.3 is 0 Å². The van der Waals surface area contributed by atoms with Gasteiger partial charge in [-0.2, -0.15) is 0 Å². The molecule has 0 bridgehead atoms. The van der Waals surface area contributed by atoms with E-state index in [1.165, 1.54) is 21.0 Å². The second-order valence-corrected chi connectivity index (χ2v) is 8.07. The number of anilines is 1. The minimum absolute atomic E-state index is 0.0286. The van der Waals surface area contributed by atoms with E-state index in [0.717, 1.165) is 24.6 Å². The van der Waals surface area contributed by atoms with Crippen LogP contribution in [0.3, 0.4) is 0 Å². The summed E-state index contributed by atoms with van der Waals surface area (Å²) in [4.78, 5) is 6.09. The molecule has 0 aliphatic carbocycles. The lowest BCUT2D eigenvalue weighted by Crippen LogP contribution is -2.33. The van der Waals surface area contributed by atoms with E-state index in [-0.39, 0.29) is 18.4 Å². The van der Waals surface area contributed by atoms with Crippen molar-refractivity contribution < 1.29 is 9.84 Å². The van der Waals surface area contributed by atoms with E-state index in [1.54, 1.807) is 23.1 Å². The number of hydrogen-bond acceptors (Lipinski definition) is 7. The summed E-state index contributed by atoms with van der Waals surface area (Å²) in [7, 11) is 0. The fourth-order valence-electron chi connectivity index (χ4n) is 2.84. The number of ether oxygens (including phenoxy) is 1. The Hall–Kier alpha value is -0.600. The number of aliphatic hydroxyl groups excluding tert-OH is 1. The monoisotopic (exact) mass is 341 g/mol. The van der Waals surface area contributed by atoms with Gasteiger partial charge in [0.25, 0.3) is 0 Å². The van der Waals surface area contributed by atoms with Gasteiger partial charge in [-0.1, -0.05) is 11.8 Å². The maximum absolute atomic E-state index is 9.00. The molecule has 2 aliphatic rings. The average Bonchev–Trinajstić information content (AvgIpc) is 2.83. The van der Waals surface area contributed by atoms with Gasteiger partial charge in [0.2, 0.25) is 0 Å². The highest BCUT2D eigenvalue weighted by molar-refractivity contribution is 8.13. The van der Waals surface area contributed by atoms with Gasteiger partial charge < -0.3 is 15.2 Å². The molecule has 0 unspecified atom stereocenters. The number of fused-ring (bicyclic) bond motifs is 3. The molecule has 1 atom stereocenters. The lowest BCUT2D eigenvalue weighted by atomic mass is 9.92. The first-order chi connectivity index (χ1) is 10.5. The molecule has 22 heavy (non-hydrogen) atoms. The van der Waals surface area contributed by atoms with Crippen molar-refractivity contribution in [2.75, 3.05) is 24.7 Å². The molecular weight excluding hydrogens is 318 g/mol. The summed E-state index contributed by atoms with van der Waals surface area (Å²) in [5.74, 6) is 0. The molecule has 3 N–H and O–H groups in total. The van der Waals surface area contributed by atoms with Crippen LogP contribution in [0.2, 0.25) is 0 Å². The quantitative estimate of drug-likeness (QED) is 0.735. The number of aliphatic hydroxyl groups is 1. The van der Waals surface area contributed by atoms with E-state index in [1.807, 2.05) is 6.26 Å². The van der Waals surface area contributed by atoms with E-state index in [4.69, 9.17) is 14.8 Å². The van der Waals surface area contributed by atoms with Crippen LogP contribution >= 0.6 is 23.1 Å². The van der Waals surface area contributed by atoms with Crippen molar-refractivity contribution in [3.8, 4) is 0 Å². The van der Waals surface area contributed by atoms with Gasteiger partial charge in [-0.15, -0.1) is 11.3 Å². The largest absolute Gasteiger partial charge is 0.396 e. The number of amidine groups is 1. The Morgan fingerprint density at radius 2 is 2.36 bits per heavy atom. The SMILES string of the molecule is CSC1=N[C@H](NCCCO)c2c(sc3c2CC(C)(C)OC3)N1. The maximum Gasteiger partial charge on any atom is 0.163 e. The third-order valence-electron chi connectivity index (χ3n) is 3.93. The molecule has 3 heterocycles. The Labute approximate surface area is 139 Å². The fraction of sp³-hybridized carbons (Fsp3) is 0.667. The van der Waals surface area contributed by atoms with E-state index < -0.39 is 0 Å². The van der Waals surface area contributed by atoms with Gasteiger partial charge in [0.05, 0.1) is 12.2 Å². The van der Waals surface area contributed by atoms with Gasteiger partial charge in [0.15, 0.2) is 5.17 Å². The van der Waals surface area contributed by atoms with Crippen molar-refractivity contribution in [1.82, 2.24) is 5.32 Å². The Morgan fingerprint density at radius 3 is 3.09 bits per heavy atom. The highest BCUT2D eigenvalue weighted by Gasteiger charge is 2.35. The number of aliphatic imine (C=N–C) groups is 1. The summed E-state index contributed by atoms with van der Waals surface area (Å²) in [5.41, 5.74) is 2.53. The van der Waals surface area contributed by atoms with Crippen LogP contribution in [0.4, 0.5) is 5.00 Å². The molecule has 0 radical (unpaired) electrons. The molecule has 0 saturated carbocycles. The Balaban J connectivity index is 1.93. The molecule has 3 rings (SSSR count).